The summed E-state index contributed by atoms with van der Waals surface area (Å²) >= 11 is 0. The van der Waals surface area contributed by atoms with Crippen LogP contribution in [0.15, 0.2) is 42.5 Å². The van der Waals surface area contributed by atoms with Crippen molar-refractivity contribution >= 4 is 29.1 Å². The molecule has 1 heterocycles. The molecule has 1 N–H and O–H groups in total. The molecule has 0 spiro atoms. The number of piperazine rings is 1. The molecule has 0 aromatic heterocycles. The standard InChI is InChI=1S/C27H37N3O4/c1-5-6-12-22-18-30(25(32)24-14-9-11-20-10-7-8-13-23(20)24)16-15-29(22)17-21(19-31)28-26(33)34-27(2,3)4/h7-11,13-14,19,21-22H,5-6,12,15-18H2,1-4H3,(H,28,33)/t21?,22-/m0/s1. The van der Waals surface area contributed by atoms with Gasteiger partial charge in [-0.3, -0.25) is 9.69 Å². The average Bonchev–Trinajstić information content (AvgIpc) is 2.80. The molecule has 0 bridgehead atoms. The van der Waals surface area contributed by atoms with Crippen LogP contribution in [0.2, 0.25) is 0 Å². The van der Waals surface area contributed by atoms with Crippen LogP contribution < -0.4 is 5.32 Å². The fourth-order valence-electron chi connectivity index (χ4n) is 4.45. The summed E-state index contributed by atoms with van der Waals surface area (Å²) in [6.07, 6.45) is 3.17. The predicted octanol–water partition coefficient (Wildman–Crippen LogP) is 4.25. The van der Waals surface area contributed by atoms with Crippen LogP contribution in [-0.4, -0.2) is 72.0 Å². The Labute approximate surface area is 202 Å². The lowest BCUT2D eigenvalue weighted by Crippen LogP contribution is -2.58. The van der Waals surface area contributed by atoms with Gasteiger partial charge in [-0.05, 0) is 44.0 Å². The molecule has 7 heteroatoms. The first-order chi connectivity index (χ1) is 16.2. The Morgan fingerprint density at radius 1 is 1.15 bits per heavy atom. The van der Waals surface area contributed by atoms with Crippen LogP contribution in [0, 0.1) is 0 Å². The van der Waals surface area contributed by atoms with Gasteiger partial charge in [-0.15, -0.1) is 0 Å². The van der Waals surface area contributed by atoms with Crippen LogP contribution in [0.3, 0.4) is 0 Å². The number of rotatable bonds is 8. The summed E-state index contributed by atoms with van der Waals surface area (Å²) in [7, 11) is 0. The van der Waals surface area contributed by atoms with E-state index >= 15 is 0 Å². The monoisotopic (exact) mass is 467 g/mol. The third-order valence-corrected chi connectivity index (χ3v) is 6.10. The molecule has 0 saturated carbocycles. The van der Waals surface area contributed by atoms with Crippen molar-refractivity contribution in [1.82, 2.24) is 15.1 Å². The number of unbranched alkanes of at least 4 members (excludes halogenated alkanes) is 1. The molecule has 1 fully saturated rings. The number of nitrogens with zero attached hydrogens (tertiary/aromatic N) is 2. The van der Waals surface area contributed by atoms with E-state index in [4.69, 9.17) is 4.74 Å². The summed E-state index contributed by atoms with van der Waals surface area (Å²) in [4.78, 5) is 41.5. The van der Waals surface area contributed by atoms with Gasteiger partial charge in [-0.1, -0.05) is 56.2 Å². The first-order valence-corrected chi connectivity index (χ1v) is 12.2. The van der Waals surface area contributed by atoms with E-state index in [1.165, 1.54) is 0 Å². The molecule has 0 aliphatic carbocycles. The minimum absolute atomic E-state index is 0.0387. The summed E-state index contributed by atoms with van der Waals surface area (Å²) in [5.41, 5.74) is 0.0903. The topological polar surface area (TPSA) is 79.0 Å². The van der Waals surface area contributed by atoms with Gasteiger partial charge in [0, 0.05) is 37.8 Å². The first kappa shape index (κ1) is 25.7. The molecule has 2 amide bonds. The highest BCUT2D eigenvalue weighted by Crippen LogP contribution is 2.23. The molecule has 0 radical (unpaired) electrons. The van der Waals surface area contributed by atoms with Gasteiger partial charge >= 0.3 is 6.09 Å². The van der Waals surface area contributed by atoms with Crippen molar-refractivity contribution in [3.63, 3.8) is 0 Å². The minimum Gasteiger partial charge on any atom is -0.444 e. The average molecular weight is 468 g/mol. The van der Waals surface area contributed by atoms with E-state index in [2.05, 4.69) is 17.1 Å². The number of nitrogens with one attached hydrogen (secondary N) is 1. The van der Waals surface area contributed by atoms with Gasteiger partial charge in [0.05, 0.1) is 0 Å². The molecule has 7 nitrogen and oxygen atoms in total. The highest BCUT2D eigenvalue weighted by molar-refractivity contribution is 6.07. The fourth-order valence-corrected chi connectivity index (χ4v) is 4.45. The molecule has 34 heavy (non-hydrogen) atoms. The van der Waals surface area contributed by atoms with Gasteiger partial charge in [0.2, 0.25) is 0 Å². The van der Waals surface area contributed by atoms with E-state index in [0.717, 1.165) is 41.9 Å². The number of hydrogen-bond donors (Lipinski definition) is 1. The second-order valence-electron chi connectivity index (χ2n) is 9.96. The van der Waals surface area contributed by atoms with Crippen molar-refractivity contribution in [2.75, 3.05) is 26.2 Å². The van der Waals surface area contributed by atoms with Crippen molar-refractivity contribution in [2.24, 2.45) is 0 Å². The van der Waals surface area contributed by atoms with Crippen LogP contribution in [0.25, 0.3) is 10.8 Å². The zero-order valence-electron chi connectivity index (χ0n) is 20.8. The molecular weight excluding hydrogens is 430 g/mol. The van der Waals surface area contributed by atoms with Crippen molar-refractivity contribution in [1.29, 1.82) is 0 Å². The number of ether oxygens (including phenoxy) is 1. The third-order valence-electron chi connectivity index (χ3n) is 6.10. The Balaban J connectivity index is 1.70. The summed E-state index contributed by atoms with van der Waals surface area (Å²) in [6.45, 7) is 9.71. The number of carbonyl (C=O) groups excluding carboxylic acids is 3. The zero-order valence-corrected chi connectivity index (χ0v) is 20.8. The zero-order chi connectivity index (χ0) is 24.7. The maximum absolute atomic E-state index is 13.5. The summed E-state index contributed by atoms with van der Waals surface area (Å²) in [5.74, 6) is 0.0387. The molecule has 1 saturated heterocycles. The van der Waals surface area contributed by atoms with Crippen LogP contribution >= 0.6 is 0 Å². The van der Waals surface area contributed by atoms with Gasteiger partial charge in [0.1, 0.15) is 17.9 Å². The Hall–Kier alpha value is -2.93. The fraction of sp³-hybridized carbons (Fsp3) is 0.519. The number of benzene rings is 2. The Kier molecular flexibility index (Phi) is 8.67. The van der Waals surface area contributed by atoms with E-state index in [1.54, 1.807) is 20.8 Å². The number of aldehydes is 1. The largest absolute Gasteiger partial charge is 0.444 e. The van der Waals surface area contributed by atoms with E-state index in [0.29, 0.717) is 26.2 Å². The summed E-state index contributed by atoms with van der Waals surface area (Å²) in [5, 5.41) is 4.69. The van der Waals surface area contributed by atoms with Crippen LogP contribution in [0.5, 0.6) is 0 Å². The van der Waals surface area contributed by atoms with Crippen LogP contribution in [0.1, 0.15) is 57.3 Å². The minimum atomic E-state index is -0.667. The lowest BCUT2D eigenvalue weighted by Gasteiger charge is -2.42. The van der Waals surface area contributed by atoms with Crippen molar-refractivity contribution in [3.05, 3.63) is 48.0 Å². The van der Waals surface area contributed by atoms with Gasteiger partial charge in [0.25, 0.3) is 5.91 Å². The van der Waals surface area contributed by atoms with E-state index in [-0.39, 0.29) is 11.9 Å². The van der Waals surface area contributed by atoms with Gasteiger partial charge in [-0.25, -0.2) is 4.79 Å². The molecule has 3 rings (SSSR count). The molecule has 1 aliphatic rings. The van der Waals surface area contributed by atoms with Crippen molar-refractivity contribution < 1.29 is 19.1 Å². The quantitative estimate of drug-likeness (QED) is 0.587. The number of amides is 2. The van der Waals surface area contributed by atoms with Crippen molar-refractivity contribution in [3.8, 4) is 0 Å². The Morgan fingerprint density at radius 2 is 1.88 bits per heavy atom. The van der Waals surface area contributed by atoms with Crippen LogP contribution in [0.4, 0.5) is 4.79 Å². The molecule has 2 aromatic carbocycles. The highest BCUT2D eigenvalue weighted by atomic mass is 16.6. The summed E-state index contributed by atoms with van der Waals surface area (Å²) in [6, 6.07) is 13.2. The molecule has 184 valence electrons. The predicted molar refractivity (Wildman–Crippen MR) is 134 cm³/mol. The smallest absolute Gasteiger partial charge is 0.408 e. The molecule has 2 aromatic rings. The molecule has 1 unspecified atom stereocenters. The number of hydrogen-bond acceptors (Lipinski definition) is 5. The number of carbonyl (C=O) groups is 3. The van der Waals surface area contributed by atoms with Gasteiger partial charge in [0.15, 0.2) is 0 Å². The van der Waals surface area contributed by atoms with Crippen molar-refractivity contribution in [2.45, 2.75) is 64.6 Å². The maximum atomic E-state index is 13.5. The molecular formula is C27H37N3O4. The second-order valence-corrected chi connectivity index (χ2v) is 9.96. The normalized spacial score (nSPS) is 17.9. The molecule has 1 aliphatic heterocycles. The molecule has 2 atom stereocenters. The Morgan fingerprint density at radius 3 is 2.59 bits per heavy atom. The van der Waals surface area contributed by atoms with E-state index in [1.807, 2.05) is 47.4 Å². The SMILES string of the molecule is CCCC[C@H]1CN(C(=O)c2cccc3ccccc23)CCN1CC(C=O)NC(=O)OC(C)(C)C. The number of alkyl carbamates (subject to hydrolysis) is 1. The lowest BCUT2D eigenvalue weighted by molar-refractivity contribution is -0.110. The maximum Gasteiger partial charge on any atom is 0.408 e. The first-order valence-electron chi connectivity index (χ1n) is 12.2. The lowest BCUT2D eigenvalue weighted by atomic mass is 10.0. The Bertz CT molecular complexity index is 996. The van der Waals surface area contributed by atoms with Crippen LogP contribution in [-0.2, 0) is 9.53 Å². The van der Waals surface area contributed by atoms with Gasteiger partial charge in [-0.2, -0.15) is 0 Å². The van der Waals surface area contributed by atoms with E-state index in [9.17, 15) is 14.4 Å². The highest BCUT2D eigenvalue weighted by Gasteiger charge is 2.32. The number of fused-ring (bicyclic) bond motifs is 1. The second kappa shape index (κ2) is 11.5. The van der Waals surface area contributed by atoms with E-state index < -0.39 is 17.7 Å². The van der Waals surface area contributed by atoms with Gasteiger partial charge < -0.3 is 19.7 Å². The summed E-state index contributed by atoms with van der Waals surface area (Å²) < 4.78 is 5.30. The third kappa shape index (κ3) is 6.79.